The van der Waals surface area contributed by atoms with Gasteiger partial charge in [-0.05, 0) is 6.92 Å². The van der Waals surface area contributed by atoms with Crippen molar-refractivity contribution in [3.63, 3.8) is 0 Å². The van der Waals surface area contributed by atoms with Gasteiger partial charge in [-0.1, -0.05) is 13.8 Å². The fraction of sp³-hybridized carbons (Fsp3) is 0.800. The van der Waals surface area contributed by atoms with Crippen LogP contribution in [-0.4, -0.2) is 27.0 Å². The summed E-state index contributed by atoms with van der Waals surface area (Å²) < 4.78 is 39.7. The summed E-state index contributed by atoms with van der Waals surface area (Å²) in [5.74, 6) is 0.734. The SMILES string of the molecule is CCc1nc(CC)n(C(C(C)N)C(F)(F)F)n1. The molecule has 1 aromatic heterocycles. The first-order chi connectivity index (χ1) is 7.81. The third kappa shape index (κ3) is 2.96. The van der Waals surface area contributed by atoms with Gasteiger partial charge in [-0.25, -0.2) is 9.67 Å². The van der Waals surface area contributed by atoms with Gasteiger partial charge in [-0.3, -0.25) is 0 Å². The Morgan fingerprint density at radius 1 is 1.29 bits per heavy atom. The third-order valence-electron chi connectivity index (χ3n) is 2.48. The molecule has 98 valence electrons. The van der Waals surface area contributed by atoms with Crippen molar-refractivity contribution >= 4 is 0 Å². The molecule has 0 amide bonds. The molecule has 1 heterocycles. The lowest BCUT2D eigenvalue weighted by Gasteiger charge is -2.24. The Morgan fingerprint density at radius 3 is 2.24 bits per heavy atom. The van der Waals surface area contributed by atoms with Crippen molar-refractivity contribution in [3.8, 4) is 0 Å². The average molecular weight is 250 g/mol. The maximum Gasteiger partial charge on any atom is 0.412 e. The van der Waals surface area contributed by atoms with Gasteiger partial charge in [0.1, 0.15) is 5.82 Å². The molecule has 0 saturated heterocycles. The van der Waals surface area contributed by atoms with Gasteiger partial charge in [-0.2, -0.15) is 18.3 Å². The van der Waals surface area contributed by atoms with Crippen LogP contribution in [0, 0.1) is 0 Å². The van der Waals surface area contributed by atoms with Crippen molar-refractivity contribution in [1.82, 2.24) is 14.8 Å². The van der Waals surface area contributed by atoms with Crippen molar-refractivity contribution in [2.45, 2.75) is 51.9 Å². The van der Waals surface area contributed by atoms with E-state index in [1.165, 1.54) is 6.92 Å². The number of halogens is 3. The van der Waals surface area contributed by atoms with Gasteiger partial charge in [0.15, 0.2) is 11.9 Å². The number of nitrogens with zero attached hydrogens (tertiary/aromatic N) is 3. The van der Waals surface area contributed by atoms with E-state index in [9.17, 15) is 13.2 Å². The summed E-state index contributed by atoms with van der Waals surface area (Å²) in [5.41, 5.74) is 5.42. The highest BCUT2D eigenvalue weighted by Gasteiger charge is 2.45. The molecule has 2 N–H and O–H groups in total. The number of nitrogens with two attached hydrogens (primary N) is 1. The zero-order chi connectivity index (χ0) is 13.2. The van der Waals surface area contributed by atoms with Crippen LogP contribution in [0.25, 0.3) is 0 Å². The maximum atomic E-state index is 12.9. The molecular weight excluding hydrogens is 233 g/mol. The molecule has 1 aromatic rings. The fourth-order valence-electron chi connectivity index (χ4n) is 1.68. The van der Waals surface area contributed by atoms with Crippen LogP contribution < -0.4 is 5.73 Å². The zero-order valence-electron chi connectivity index (χ0n) is 10.1. The van der Waals surface area contributed by atoms with Crippen molar-refractivity contribution in [3.05, 3.63) is 11.6 Å². The minimum atomic E-state index is -4.42. The van der Waals surface area contributed by atoms with Gasteiger partial charge in [0.05, 0.1) is 0 Å². The lowest BCUT2D eigenvalue weighted by atomic mass is 10.1. The third-order valence-corrected chi connectivity index (χ3v) is 2.48. The van der Waals surface area contributed by atoms with Gasteiger partial charge in [0.25, 0.3) is 0 Å². The van der Waals surface area contributed by atoms with E-state index in [-0.39, 0.29) is 0 Å². The Bertz CT molecular complexity index is 370. The second kappa shape index (κ2) is 5.03. The number of rotatable bonds is 4. The molecule has 0 spiro atoms. The first kappa shape index (κ1) is 14.0. The van der Waals surface area contributed by atoms with Crippen LogP contribution in [0.15, 0.2) is 0 Å². The van der Waals surface area contributed by atoms with E-state index < -0.39 is 18.3 Å². The molecule has 0 aliphatic heterocycles. The number of aromatic nitrogens is 3. The predicted octanol–water partition coefficient (Wildman–Crippen LogP) is 1.85. The molecule has 0 aliphatic carbocycles. The van der Waals surface area contributed by atoms with Crippen LogP contribution in [0.4, 0.5) is 13.2 Å². The van der Waals surface area contributed by atoms with E-state index in [1.54, 1.807) is 13.8 Å². The lowest BCUT2D eigenvalue weighted by Crippen LogP contribution is -2.41. The Labute approximate surface area is 98.0 Å². The Kier molecular flexibility index (Phi) is 4.13. The summed E-state index contributed by atoms with van der Waals surface area (Å²) in [6.45, 7) is 4.87. The van der Waals surface area contributed by atoms with Gasteiger partial charge < -0.3 is 5.73 Å². The molecule has 0 radical (unpaired) electrons. The molecule has 1 rings (SSSR count). The molecular formula is C10H17F3N4. The largest absolute Gasteiger partial charge is 0.412 e. The van der Waals surface area contributed by atoms with E-state index in [0.717, 1.165) is 4.68 Å². The molecule has 0 aliphatic rings. The van der Waals surface area contributed by atoms with Crippen LogP contribution in [0.2, 0.25) is 0 Å². The number of hydrogen-bond acceptors (Lipinski definition) is 3. The molecule has 2 unspecified atom stereocenters. The molecule has 0 saturated carbocycles. The highest BCUT2D eigenvalue weighted by atomic mass is 19.4. The van der Waals surface area contributed by atoms with Gasteiger partial charge >= 0.3 is 6.18 Å². The minimum absolute atomic E-state index is 0.321. The standard InChI is InChI=1S/C10H17F3N4/c1-4-7-15-8(5-2)17(16-7)9(6(3)14)10(11,12)13/h6,9H,4-5,14H2,1-3H3. The average Bonchev–Trinajstić information content (AvgIpc) is 2.58. The number of alkyl halides is 3. The minimum Gasteiger partial charge on any atom is -0.326 e. The lowest BCUT2D eigenvalue weighted by molar-refractivity contribution is -0.175. The summed E-state index contributed by atoms with van der Waals surface area (Å²) in [5, 5.41) is 3.89. The molecule has 0 fully saturated rings. The van der Waals surface area contributed by atoms with Crippen LogP contribution >= 0.6 is 0 Å². The normalized spacial score (nSPS) is 15.9. The zero-order valence-corrected chi connectivity index (χ0v) is 10.1. The van der Waals surface area contributed by atoms with E-state index >= 15 is 0 Å². The predicted molar refractivity (Wildman–Crippen MR) is 57.5 cm³/mol. The molecule has 17 heavy (non-hydrogen) atoms. The fourth-order valence-corrected chi connectivity index (χ4v) is 1.68. The number of hydrogen-bond donors (Lipinski definition) is 1. The quantitative estimate of drug-likeness (QED) is 0.887. The molecule has 0 bridgehead atoms. The van der Waals surface area contributed by atoms with Crippen molar-refractivity contribution in [1.29, 1.82) is 0 Å². The Morgan fingerprint density at radius 2 is 1.88 bits per heavy atom. The van der Waals surface area contributed by atoms with E-state index in [0.29, 0.717) is 24.5 Å². The summed E-state index contributed by atoms with van der Waals surface area (Å²) in [7, 11) is 0. The van der Waals surface area contributed by atoms with Crippen LogP contribution in [-0.2, 0) is 12.8 Å². The summed E-state index contributed by atoms with van der Waals surface area (Å²) in [6.07, 6.45) is -3.52. The Balaban J connectivity index is 3.22. The monoisotopic (exact) mass is 250 g/mol. The van der Waals surface area contributed by atoms with E-state index in [1.807, 2.05) is 0 Å². The summed E-state index contributed by atoms with van der Waals surface area (Å²) in [6, 6.07) is -2.88. The molecule has 4 nitrogen and oxygen atoms in total. The molecule has 2 atom stereocenters. The first-order valence-electron chi connectivity index (χ1n) is 5.57. The second-order valence-electron chi connectivity index (χ2n) is 3.94. The van der Waals surface area contributed by atoms with Gasteiger partial charge in [0, 0.05) is 18.9 Å². The Hall–Kier alpha value is -1.11. The second-order valence-corrected chi connectivity index (χ2v) is 3.94. The van der Waals surface area contributed by atoms with Crippen molar-refractivity contribution in [2.75, 3.05) is 0 Å². The van der Waals surface area contributed by atoms with Gasteiger partial charge in [-0.15, -0.1) is 0 Å². The highest BCUT2D eigenvalue weighted by molar-refractivity contribution is 4.98. The first-order valence-corrected chi connectivity index (χ1v) is 5.57. The van der Waals surface area contributed by atoms with Crippen LogP contribution in [0.1, 0.15) is 38.5 Å². The topological polar surface area (TPSA) is 56.7 Å². The van der Waals surface area contributed by atoms with Crippen molar-refractivity contribution < 1.29 is 13.2 Å². The van der Waals surface area contributed by atoms with Gasteiger partial charge in [0.2, 0.25) is 0 Å². The smallest absolute Gasteiger partial charge is 0.326 e. The van der Waals surface area contributed by atoms with E-state index in [2.05, 4.69) is 10.1 Å². The summed E-state index contributed by atoms with van der Waals surface area (Å²) >= 11 is 0. The molecule has 0 aromatic carbocycles. The van der Waals surface area contributed by atoms with Crippen LogP contribution in [0.3, 0.4) is 0 Å². The number of aryl methyl sites for hydroxylation is 2. The van der Waals surface area contributed by atoms with Crippen LogP contribution in [0.5, 0.6) is 0 Å². The molecule has 7 heteroatoms. The van der Waals surface area contributed by atoms with Crippen molar-refractivity contribution in [2.24, 2.45) is 5.73 Å². The highest BCUT2D eigenvalue weighted by Crippen LogP contribution is 2.32. The maximum absolute atomic E-state index is 12.9. The summed E-state index contributed by atoms with van der Waals surface area (Å²) in [4.78, 5) is 4.06. The van der Waals surface area contributed by atoms with E-state index in [4.69, 9.17) is 5.73 Å².